The van der Waals surface area contributed by atoms with Crippen LogP contribution in [0, 0.1) is 50.2 Å². The number of hydrogen-bond donors (Lipinski definition) is 13. The number of carbonyl (C=O) groups excluding carboxylic acids is 2. The van der Waals surface area contributed by atoms with Crippen LogP contribution >= 0.6 is 0 Å². The lowest BCUT2D eigenvalue weighted by Crippen LogP contribution is -2.72. The lowest BCUT2D eigenvalue weighted by atomic mass is 9.33. The zero-order chi connectivity index (χ0) is 64.8. The number of allylic oxidation sites excluding steroid dienone is 2. The number of aliphatic hydroxyl groups excluding tert-OH is 12. The topological polar surface area (TPSA) is 407 Å². The number of carbonyl (C=O) groups is 3. The molecule has 1 aromatic rings. The third-order valence-electron chi connectivity index (χ3n) is 22.7. The second-order valence-corrected chi connectivity index (χ2v) is 28.4. The van der Waals surface area contributed by atoms with Crippen molar-refractivity contribution in [3.8, 4) is 0 Å². The molecule has 26 heteroatoms. The molecule has 4 saturated heterocycles. The molecule has 10 rings (SSSR count). The van der Waals surface area contributed by atoms with Gasteiger partial charge in [-0.3, -0.25) is 4.79 Å². The molecule has 4 aliphatic heterocycles. The van der Waals surface area contributed by atoms with Crippen molar-refractivity contribution in [1.82, 2.24) is 0 Å². The van der Waals surface area contributed by atoms with Gasteiger partial charge in [-0.25, -0.2) is 9.59 Å². The summed E-state index contributed by atoms with van der Waals surface area (Å²) in [6.45, 7) is 13.3. The lowest BCUT2D eigenvalue weighted by Gasteiger charge is -2.72. The molecule has 0 bridgehead atoms. The minimum atomic E-state index is -2.21. The largest absolute Gasteiger partial charge is 0.479 e. The fraction of sp³-hybridized carbons (Fsp3) is 0.794. The van der Waals surface area contributed by atoms with E-state index in [1.54, 1.807) is 6.08 Å². The quantitative estimate of drug-likeness (QED) is 0.0458. The van der Waals surface area contributed by atoms with E-state index >= 15 is 0 Å². The van der Waals surface area contributed by atoms with Crippen LogP contribution in [-0.4, -0.2) is 246 Å². The molecule has 26 nitrogen and oxygen atoms in total. The third kappa shape index (κ3) is 11.8. The highest BCUT2D eigenvalue weighted by Crippen LogP contribution is 2.76. The Bertz CT molecular complexity index is 2750. The van der Waals surface area contributed by atoms with Gasteiger partial charge in [0.2, 0.25) is 0 Å². The number of aliphatic hydroxyl groups is 12. The maximum Gasteiger partial charge on any atom is 0.335 e. The molecule has 9 aliphatic rings. The smallest absolute Gasteiger partial charge is 0.335 e. The monoisotopic (exact) mass is 1260 g/mol. The van der Waals surface area contributed by atoms with Gasteiger partial charge < -0.3 is 114 Å². The van der Waals surface area contributed by atoms with E-state index in [1.165, 1.54) is 13.0 Å². The van der Waals surface area contributed by atoms with Crippen molar-refractivity contribution in [3.63, 3.8) is 0 Å². The van der Waals surface area contributed by atoms with Gasteiger partial charge in [-0.15, -0.1) is 0 Å². The number of ether oxygens (including phenoxy) is 10. The van der Waals surface area contributed by atoms with Crippen LogP contribution in [0.2, 0.25) is 0 Å². The Labute approximate surface area is 516 Å². The number of esters is 2. The third-order valence-corrected chi connectivity index (χ3v) is 22.7. The minimum Gasteiger partial charge on any atom is -0.479 e. The van der Waals surface area contributed by atoms with Gasteiger partial charge >= 0.3 is 17.9 Å². The number of carboxylic acid groups (broad SMARTS) is 1. The van der Waals surface area contributed by atoms with Crippen LogP contribution in [0.15, 0.2) is 48.1 Å². The second-order valence-electron chi connectivity index (χ2n) is 28.4. The first-order chi connectivity index (χ1) is 41.8. The van der Waals surface area contributed by atoms with Crippen molar-refractivity contribution in [2.45, 2.75) is 235 Å². The van der Waals surface area contributed by atoms with E-state index in [-0.39, 0.29) is 18.3 Å². The molecule has 4 saturated carbocycles. The highest BCUT2D eigenvalue weighted by Gasteiger charge is 2.74. The van der Waals surface area contributed by atoms with Gasteiger partial charge in [0, 0.05) is 18.4 Å². The highest BCUT2D eigenvalue weighted by molar-refractivity contribution is 5.87. The highest BCUT2D eigenvalue weighted by atomic mass is 16.8. The van der Waals surface area contributed by atoms with E-state index < -0.39 is 218 Å². The van der Waals surface area contributed by atoms with Crippen molar-refractivity contribution in [1.29, 1.82) is 0 Å². The summed E-state index contributed by atoms with van der Waals surface area (Å²) in [5.74, 6) is -3.68. The van der Waals surface area contributed by atoms with E-state index in [2.05, 4.69) is 26.8 Å². The Morgan fingerprint density at radius 1 is 0.640 bits per heavy atom. The Morgan fingerprint density at radius 3 is 1.93 bits per heavy atom. The number of carboxylic acids is 1. The molecule has 13 N–H and O–H groups in total. The number of benzene rings is 1. The average molecular weight is 1270 g/mol. The average Bonchev–Trinajstić information content (AvgIpc) is 0.682. The summed E-state index contributed by atoms with van der Waals surface area (Å²) in [5, 5.41) is 144. The van der Waals surface area contributed by atoms with Gasteiger partial charge in [0.25, 0.3) is 0 Å². The lowest BCUT2D eigenvalue weighted by molar-refractivity contribution is -0.399. The number of aliphatic carboxylic acids is 1. The first kappa shape index (κ1) is 68.2. The summed E-state index contributed by atoms with van der Waals surface area (Å²) in [5.41, 5.74) is -2.88. The van der Waals surface area contributed by atoms with Gasteiger partial charge in [-0.05, 0) is 96.0 Å². The van der Waals surface area contributed by atoms with Gasteiger partial charge in [0.05, 0.1) is 44.1 Å². The Morgan fingerprint density at radius 2 is 1.28 bits per heavy atom. The Hall–Kier alpha value is -3.69. The summed E-state index contributed by atoms with van der Waals surface area (Å²) >= 11 is 0. The van der Waals surface area contributed by atoms with Crippen molar-refractivity contribution in [2.24, 2.45) is 50.2 Å². The predicted molar refractivity (Wildman–Crippen MR) is 304 cm³/mol. The SMILES string of the molecule is CC(=O)O[C@H]1[C@H](OC(=O)/C=C/c2ccccc2)C(C)(C)C[C@H]2C3=CC[C@@H]4[C@@]5(C)CC[C@H](O[C@@H]6O[C@H](C(=O)O)[C@@H](O)[C@H](O[C@@H]7OC[C@H](O)[C@H](O)[C@H]7O[C@@H]7OC[C@@H](O)[C@H](O)[C@H]7O)[C@H]6O[C@@H]6O[C@H](CO)[C@H](O)[C@H](O)[C@H]6O)C(C)(C)[C@@H]5CC[C@@]4(C)[C@]3(C)C[C@@H](O)[C@]21CO. The van der Waals surface area contributed by atoms with Crippen LogP contribution in [0.4, 0.5) is 0 Å². The van der Waals surface area contributed by atoms with E-state index in [0.717, 1.165) is 11.1 Å². The fourth-order valence-corrected chi connectivity index (χ4v) is 17.7. The summed E-state index contributed by atoms with van der Waals surface area (Å²) in [7, 11) is 0. The molecule has 500 valence electrons. The van der Waals surface area contributed by atoms with Crippen molar-refractivity contribution < 1.29 is 128 Å². The molecule has 1 aromatic carbocycles. The molecule has 0 amide bonds. The molecule has 0 unspecified atom stereocenters. The standard InChI is InChI=1S/C63H92O26/c1-28(66)82-52-51(85-39(70)17-14-29-12-10-9-11-13-29)58(2,3)22-31-30-15-16-36-60(6)20-19-38(59(4,5)35(60)18-21-61(36,7)62(30,8)23-37(69)63(31,52)27-65)84-57-50(89-55-45(76)43(74)42(73)34(24-64)83-55)47(46(77)48(87-57)53(78)79)86-56-49(41(72)33(68)26-81-56)88-54-44(75)40(71)32(67)25-80-54/h9-15,17,31-38,40-52,54-57,64-65,67-69,71-77H,16,18-27H2,1-8H3,(H,78,79)/b17-14+/t31-,32+,33-,34+,35-,36+,37+,38-,40-,41-,42-,43-,44+,45+,46-,47-,48-,49+,50+,51-,52-,54-,55-,56-,57+,60-,61+,62+,63-/m0/s1. The minimum absolute atomic E-state index is 0.0203. The second kappa shape index (κ2) is 25.6. The maximum atomic E-state index is 13.7. The summed E-state index contributed by atoms with van der Waals surface area (Å²) < 4.78 is 61.1. The van der Waals surface area contributed by atoms with Crippen LogP contribution in [0.25, 0.3) is 6.08 Å². The first-order valence-electron chi connectivity index (χ1n) is 31.0. The Kier molecular flexibility index (Phi) is 19.6. The van der Waals surface area contributed by atoms with E-state index in [0.29, 0.717) is 38.5 Å². The molecule has 8 fully saturated rings. The van der Waals surface area contributed by atoms with Gasteiger partial charge in [-0.1, -0.05) is 90.4 Å². The van der Waals surface area contributed by atoms with Crippen molar-refractivity contribution in [2.75, 3.05) is 26.4 Å². The molecule has 4 heterocycles. The summed E-state index contributed by atoms with van der Waals surface area (Å²) in [6, 6.07) is 9.20. The van der Waals surface area contributed by atoms with Gasteiger partial charge in [0.15, 0.2) is 31.3 Å². The first-order valence-corrected chi connectivity index (χ1v) is 31.0. The number of fused-ring (bicyclic) bond motifs is 7. The molecular weight excluding hydrogens is 1170 g/mol. The summed E-state index contributed by atoms with van der Waals surface area (Å²) in [6.07, 6.45) is -29.5. The molecule has 29 atom stereocenters. The number of hydrogen-bond acceptors (Lipinski definition) is 25. The molecule has 89 heavy (non-hydrogen) atoms. The molecular formula is C63H92O26. The van der Waals surface area contributed by atoms with Gasteiger partial charge in [0.1, 0.15) is 91.6 Å². The Balaban J connectivity index is 0.949. The molecule has 5 aliphatic carbocycles. The summed E-state index contributed by atoms with van der Waals surface area (Å²) in [4.78, 5) is 40.0. The van der Waals surface area contributed by atoms with Crippen molar-refractivity contribution >= 4 is 24.0 Å². The van der Waals surface area contributed by atoms with Crippen LogP contribution in [0.5, 0.6) is 0 Å². The number of rotatable bonds is 15. The molecule has 0 spiro atoms. The fourth-order valence-electron chi connectivity index (χ4n) is 17.7. The predicted octanol–water partition coefficient (Wildman–Crippen LogP) is -0.444. The molecule has 0 radical (unpaired) electrons. The zero-order valence-electron chi connectivity index (χ0n) is 51.5. The van der Waals surface area contributed by atoms with Crippen LogP contribution in [0.1, 0.15) is 106 Å². The van der Waals surface area contributed by atoms with E-state index in [9.17, 15) is 80.8 Å². The normalized spacial score (nSPS) is 48.6. The van der Waals surface area contributed by atoms with E-state index in [1.807, 2.05) is 58.0 Å². The maximum absolute atomic E-state index is 13.7. The van der Waals surface area contributed by atoms with Gasteiger partial charge in [-0.2, -0.15) is 0 Å². The van der Waals surface area contributed by atoms with Crippen molar-refractivity contribution in [3.05, 3.63) is 53.6 Å². The zero-order valence-corrected chi connectivity index (χ0v) is 51.5. The molecule has 0 aromatic heterocycles. The van der Waals surface area contributed by atoms with Crippen LogP contribution in [-0.2, 0) is 61.8 Å². The van der Waals surface area contributed by atoms with E-state index in [4.69, 9.17) is 47.4 Å². The van der Waals surface area contributed by atoms with Crippen LogP contribution in [0.3, 0.4) is 0 Å². The van der Waals surface area contributed by atoms with Crippen LogP contribution < -0.4 is 0 Å².